The van der Waals surface area contributed by atoms with Gasteiger partial charge in [0.05, 0.1) is 25.4 Å². The molecule has 1 N–H and O–H groups in total. The van der Waals surface area contributed by atoms with Gasteiger partial charge < -0.3 is 19.5 Å². The summed E-state index contributed by atoms with van der Waals surface area (Å²) in [5.41, 5.74) is 1.21. The van der Waals surface area contributed by atoms with Gasteiger partial charge in [-0.1, -0.05) is 30.3 Å². The molecule has 1 aliphatic heterocycles. The molecule has 0 aromatic heterocycles. The zero-order valence-electron chi connectivity index (χ0n) is 14.0. The molecule has 132 valence electrons. The molecule has 2 fully saturated rings. The van der Waals surface area contributed by atoms with Crippen LogP contribution in [0.1, 0.15) is 18.4 Å². The summed E-state index contributed by atoms with van der Waals surface area (Å²) < 4.78 is 11.8. The summed E-state index contributed by atoms with van der Waals surface area (Å²) in [6.45, 7) is 5.03. The van der Waals surface area contributed by atoms with E-state index in [9.17, 15) is 4.79 Å². The molecule has 0 atom stereocenters. The molecule has 3 rings (SSSR count). The van der Waals surface area contributed by atoms with Crippen molar-refractivity contribution in [2.45, 2.75) is 31.7 Å². The van der Waals surface area contributed by atoms with Crippen LogP contribution in [0.3, 0.4) is 0 Å². The van der Waals surface area contributed by atoms with Crippen LogP contribution in [-0.2, 0) is 16.1 Å². The Balaban J connectivity index is 1.22. The molecule has 1 saturated heterocycles. The summed E-state index contributed by atoms with van der Waals surface area (Å²) in [4.78, 5) is 14.6. The number of hydrogen-bond acceptors (Lipinski definition) is 4. The Bertz CT molecular complexity index is 511. The van der Waals surface area contributed by atoms with Crippen molar-refractivity contribution in [2.24, 2.45) is 0 Å². The number of ether oxygens (including phenoxy) is 2. The first kappa shape index (κ1) is 17.2. The Hall–Kier alpha value is -1.63. The van der Waals surface area contributed by atoms with Gasteiger partial charge in [0.2, 0.25) is 0 Å². The maximum Gasteiger partial charge on any atom is 0.407 e. The summed E-state index contributed by atoms with van der Waals surface area (Å²) in [7, 11) is 0. The van der Waals surface area contributed by atoms with Crippen LogP contribution in [0.5, 0.6) is 0 Å². The zero-order chi connectivity index (χ0) is 16.8. The van der Waals surface area contributed by atoms with Crippen molar-refractivity contribution in [3.63, 3.8) is 0 Å². The third-order valence-electron chi connectivity index (χ3n) is 4.78. The summed E-state index contributed by atoms with van der Waals surface area (Å²) in [5, 5.41) is 8.93. The fourth-order valence-corrected chi connectivity index (χ4v) is 3.09. The molecule has 0 bridgehead atoms. The molecule has 6 heteroatoms. The van der Waals surface area contributed by atoms with Crippen molar-refractivity contribution in [1.29, 1.82) is 0 Å². The molecule has 1 amide bonds. The quantitative estimate of drug-likeness (QED) is 0.827. The monoisotopic (exact) mass is 334 g/mol. The molecule has 1 heterocycles. The standard InChI is InChI=1S/C18H26N2O4/c21-18(22)20-8-6-19(7-9-20)10-11-23-16-12-17(13-16)24-14-15-4-2-1-3-5-15/h1-5,16-17H,6-14H2,(H,21,22). The maximum atomic E-state index is 10.9. The Labute approximate surface area is 143 Å². The van der Waals surface area contributed by atoms with Crippen molar-refractivity contribution in [1.82, 2.24) is 9.80 Å². The van der Waals surface area contributed by atoms with Crippen LogP contribution in [0.25, 0.3) is 0 Å². The molecule has 24 heavy (non-hydrogen) atoms. The zero-order valence-corrected chi connectivity index (χ0v) is 14.0. The van der Waals surface area contributed by atoms with E-state index in [2.05, 4.69) is 17.0 Å². The summed E-state index contributed by atoms with van der Waals surface area (Å²) in [5.74, 6) is 0. The predicted octanol–water partition coefficient (Wildman–Crippen LogP) is 2.05. The van der Waals surface area contributed by atoms with Gasteiger partial charge in [0, 0.05) is 32.7 Å². The first-order valence-corrected chi connectivity index (χ1v) is 8.68. The largest absolute Gasteiger partial charge is 0.465 e. The molecule has 1 aromatic rings. The number of amides is 1. The van der Waals surface area contributed by atoms with E-state index in [1.54, 1.807) is 0 Å². The first-order valence-electron chi connectivity index (χ1n) is 8.68. The number of hydrogen-bond donors (Lipinski definition) is 1. The predicted molar refractivity (Wildman–Crippen MR) is 90.0 cm³/mol. The van der Waals surface area contributed by atoms with E-state index < -0.39 is 6.09 Å². The molecule has 6 nitrogen and oxygen atoms in total. The number of carbonyl (C=O) groups is 1. The second-order valence-corrected chi connectivity index (χ2v) is 6.49. The van der Waals surface area contributed by atoms with Crippen LogP contribution in [0.2, 0.25) is 0 Å². The average Bonchev–Trinajstić information content (AvgIpc) is 2.57. The van der Waals surface area contributed by atoms with Gasteiger partial charge in [0.25, 0.3) is 0 Å². The SMILES string of the molecule is O=C(O)N1CCN(CCOC2CC(OCc3ccccc3)C2)CC1. The van der Waals surface area contributed by atoms with Crippen molar-refractivity contribution >= 4 is 6.09 Å². The third-order valence-corrected chi connectivity index (χ3v) is 4.78. The van der Waals surface area contributed by atoms with Crippen LogP contribution >= 0.6 is 0 Å². The Kier molecular flexibility index (Phi) is 6.07. The van der Waals surface area contributed by atoms with Crippen LogP contribution in [0.15, 0.2) is 30.3 Å². The highest BCUT2D eigenvalue weighted by molar-refractivity contribution is 5.65. The fourth-order valence-electron chi connectivity index (χ4n) is 3.09. The lowest BCUT2D eigenvalue weighted by molar-refractivity contribution is -0.109. The Morgan fingerprint density at radius 1 is 1.04 bits per heavy atom. The maximum absolute atomic E-state index is 10.9. The second kappa shape index (κ2) is 8.46. The lowest BCUT2D eigenvalue weighted by Gasteiger charge is -2.36. The number of piperazine rings is 1. The smallest absolute Gasteiger partial charge is 0.407 e. The van der Waals surface area contributed by atoms with Crippen molar-refractivity contribution in [3.05, 3.63) is 35.9 Å². The van der Waals surface area contributed by atoms with Gasteiger partial charge in [0.15, 0.2) is 0 Å². The van der Waals surface area contributed by atoms with E-state index in [0.29, 0.717) is 38.5 Å². The normalized spacial score (nSPS) is 24.6. The van der Waals surface area contributed by atoms with E-state index in [1.165, 1.54) is 10.5 Å². The molecule has 0 radical (unpaired) electrons. The summed E-state index contributed by atoms with van der Waals surface area (Å²) in [6, 6.07) is 10.2. The third kappa shape index (κ3) is 4.93. The summed E-state index contributed by atoms with van der Waals surface area (Å²) >= 11 is 0. The van der Waals surface area contributed by atoms with E-state index in [1.807, 2.05) is 18.2 Å². The minimum absolute atomic E-state index is 0.311. The second-order valence-electron chi connectivity index (χ2n) is 6.49. The van der Waals surface area contributed by atoms with Crippen LogP contribution in [0, 0.1) is 0 Å². The number of carboxylic acid groups (broad SMARTS) is 1. The van der Waals surface area contributed by atoms with Crippen LogP contribution in [0.4, 0.5) is 4.79 Å². The molecule has 2 aliphatic rings. The molecule has 1 aromatic carbocycles. The van der Waals surface area contributed by atoms with Gasteiger partial charge in [-0.2, -0.15) is 0 Å². The average molecular weight is 334 g/mol. The van der Waals surface area contributed by atoms with Gasteiger partial charge in [-0.3, -0.25) is 4.90 Å². The first-order chi connectivity index (χ1) is 11.7. The van der Waals surface area contributed by atoms with Gasteiger partial charge >= 0.3 is 6.09 Å². The Morgan fingerprint density at radius 3 is 2.38 bits per heavy atom. The molecular formula is C18H26N2O4. The Morgan fingerprint density at radius 2 is 1.71 bits per heavy atom. The highest BCUT2D eigenvalue weighted by Gasteiger charge is 2.30. The summed E-state index contributed by atoms with van der Waals surface area (Å²) in [6.07, 6.45) is 1.75. The van der Waals surface area contributed by atoms with Crippen molar-refractivity contribution < 1.29 is 19.4 Å². The molecule has 0 unspecified atom stereocenters. The van der Waals surface area contributed by atoms with E-state index >= 15 is 0 Å². The highest BCUT2D eigenvalue weighted by Crippen LogP contribution is 2.27. The van der Waals surface area contributed by atoms with Gasteiger partial charge in [-0.05, 0) is 18.4 Å². The lowest BCUT2D eigenvalue weighted by Crippen LogP contribution is -2.49. The van der Waals surface area contributed by atoms with E-state index in [4.69, 9.17) is 14.6 Å². The van der Waals surface area contributed by atoms with Gasteiger partial charge in [0.1, 0.15) is 0 Å². The van der Waals surface area contributed by atoms with Crippen molar-refractivity contribution in [3.8, 4) is 0 Å². The van der Waals surface area contributed by atoms with Gasteiger partial charge in [-0.15, -0.1) is 0 Å². The topological polar surface area (TPSA) is 62.2 Å². The number of nitrogens with zero attached hydrogens (tertiary/aromatic N) is 2. The molecular weight excluding hydrogens is 308 g/mol. The number of rotatable bonds is 7. The number of benzene rings is 1. The fraction of sp³-hybridized carbons (Fsp3) is 0.611. The van der Waals surface area contributed by atoms with E-state index in [0.717, 1.165) is 32.5 Å². The minimum atomic E-state index is -0.818. The van der Waals surface area contributed by atoms with Crippen LogP contribution in [-0.4, -0.2) is 72.5 Å². The molecule has 0 spiro atoms. The highest BCUT2D eigenvalue weighted by atomic mass is 16.5. The van der Waals surface area contributed by atoms with E-state index in [-0.39, 0.29) is 0 Å². The minimum Gasteiger partial charge on any atom is -0.465 e. The molecule has 1 saturated carbocycles. The van der Waals surface area contributed by atoms with Crippen molar-refractivity contribution in [2.75, 3.05) is 39.3 Å². The lowest BCUT2D eigenvalue weighted by atomic mass is 9.92. The van der Waals surface area contributed by atoms with Crippen LogP contribution < -0.4 is 0 Å². The molecule has 1 aliphatic carbocycles. The van der Waals surface area contributed by atoms with Gasteiger partial charge in [-0.25, -0.2) is 4.79 Å².